The van der Waals surface area contributed by atoms with Crippen molar-refractivity contribution in [2.24, 2.45) is 7.05 Å². The third-order valence-corrected chi connectivity index (χ3v) is 5.79. The molecule has 1 saturated heterocycles. The molecular weight excluding hydrogens is 366 g/mol. The highest BCUT2D eigenvalue weighted by molar-refractivity contribution is 5.88. The molecule has 0 saturated carbocycles. The van der Waals surface area contributed by atoms with Crippen molar-refractivity contribution in [3.8, 4) is 0 Å². The standard InChI is InChI=1S/C22H21N5O2/c1-26-18-10-5-4-9-16(18)23-21(26)19-11-6-12-27(19)20(28)13-17-14-7-2-3-8-15(14)22(29)25-24-17/h2-5,7-10,19H,6,11-13H2,1H3,(H,25,29)/t19-/m0/s1. The van der Waals surface area contributed by atoms with Gasteiger partial charge in [-0.25, -0.2) is 10.1 Å². The van der Waals surface area contributed by atoms with Crippen LogP contribution in [0.3, 0.4) is 0 Å². The number of fused-ring (bicyclic) bond motifs is 2. The number of hydrogen-bond donors (Lipinski definition) is 1. The van der Waals surface area contributed by atoms with E-state index in [1.165, 1.54) is 0 Å². The van der Waals surface area contributed by atoms with Crippen molar-refractivity contribution in [1.29, 1.82) is 0 Å². The number of carbonyl (C=O) groups is 1. The fraction of sp³-hybridized carbons (Fsp3) is 0.273. The van der Waals surface area contributed by atoms with Crippen molar-refractivity contribution in [3.05, 3.63) is 70.4 Å². The summed E-state index contributed by atoms with van der Waals surface area (Å²) in [6.45, 7) is 0.702. The Kier molecular flexibility index (Phi) is 4.16. The Hall–Kier alpha value is -3.48. The second kappa shape index (κ2) is 6.84. The number of H-pyrrole nitrogens is 1. The summed E-state index contributed by atoms with van der Waals surface area (Å²) in [5.74, 6) is 0.917. The van der Waals surface area contributed by atoms with Crippen LogP contribution in [-0.2, 0) is 18.3 Å². The number of nitrogens with one attached hydrogen (secondary N) is 1. The number of aromatic nitrogens is 4. The smallest absolute Gasteiger partial charge is 0.272 e. The van der Waals surface area contributed by atoms with Crippen molar-refractivity contribution in [3.63, 3.8) is 0 Å². The fourth-order valence-corrected chi connectivity index (χ4v) is 4.35. The number of rotatable bonds is 3. The van der Waals surface area contributed by atoms with Gasteiger partial charge in [-0.1, -0.05) is 30.3 Å². The normalized spacial score (nSPS) is 16.7. The van der Waals surface area contributed by atoms with E-state index in [-0.39, 0.29) is 23.9 Å². The van der Waals surface area contributed by atoms with Crippen LogP contribution in [0.2, 0.25) is 0 Å². The minimum atomic E-state index is -0.240. The summed E-state index contributed by atoms with van der Waals surface area (Å²) in [6, 6.07) is 15.2. The topological polar surface area (TPSA) is 83.9 Å². The van der Waals surface area contributed by atoms with Gasteiger partial charge in [0.1, 0.15) is 5.82 Å². The first-order valence-corrected chi connectivity index (χ1v) is 9.80. The minimum absolute atomic E-state index is 0.00394. The van der Waals surface area contributed by atoms with Crippen molar-refractivity contribution < 1.29 is 4.79 Å². The van der Waals surface area contributed by atoms with Crippen LogP contribution >= 0.6 is 0 Å². The third-order valence-electron chi connectivity index (χ3n) is 5.79. The lowest BCUT2D eigenvalue weighted by molar-refractivity contribution is -0.131. The van der Waals surface area contributed by atoms with Crippen LogP contribution in [0.5, 0.6) is 0 Å². The zero-order chi connectivity index (χ0) is 20.0. The number of para-hydroxylation sites is 2. The molecule has 29 heavy (non-hydrogen) atoms. The highest BCUT2D eigenvalue weighted by atomic mass is 16.2. The van der Waals surface area contributed by atoms with Crippen LogP contribution in [0.25, 0.3) is 21.8 Å². The van der Waals surface area contributed by atoms with Gasteiger partial charge < -0.3 is 9.47 Å². The summed E-state index contributed by atoms with van der Waals surface area (Å²) in [5.41, 5.74) is 2.36. The molecule has 0 radical (unpaired) electrons. The predicted molar refractivity (Wildman–Crippen MR) is 110 cm³/mol. The van der Waals surface area contributed by atoms with E-state index in [2.05, 4.69) is 14.8 Å². The Morgan fingerprint density at radius 1 is 1.14 bits per heavy atom. The van der Waals surface area contributed by atoms with E-state index in [1.807, 2.05) is 54.4 Å². The summed E-state index contributed by atoms with van der Waals surface area (Å²) in [5, 5.41) is 7.96. The molecule has 7 nitrogen and oxygen atoms in total. The first-order valence-electron chi connectivity index (χ1n) is 9.80. The van der Waals surface area contributed by atoms with E-state index in [0.717, 1.165) is 35.1 Å². The van der Waals surface area contributed by atoms with Gasteiger partial charge in [0.25, 0.3) is 5.56 Å². The Bertz CT molecular complexity index is 1290. The zero-order valence-corrected chi connectivity index (χ0v) is 16.1. The van der Waals surface area contributed by atoms with Crippen LogP contribution in [-0.4, -0.2) is 37.1 Å². The summed E-state index contributed by atoms with van der Waals surface area (Å²) < 4.78 is 2.08. The van der Waals surface area contributed by atoms with Crippen molar-refractivity contribution in [1.82, 2.24) is 24.6 Å². The van der Waals surface area contributed by atoms with E-state index in [0.29, 0.717) is 17.6 Å². The number of amides is 1. The maximum atomic E-state index is 13.2. The molecular formula is C22H21N5O2. The number of aromatic amines is 1. The van der Waals surface area contributed by atoms with Gasteiger partial charge in [-0.15, -0.1) is 0 Å². The second-order valence-corrected chi connectivity index (χ2v) is 7.48. The number of aryl methyl sites for hydroxylation is 1. The molecule has 1 aliphatic rings. The van der Waals surface area contributed by atoms with Gasteiger partial charge in [-0.2, -0.15) is 5.10 Å². The summed E-state index contributed by atoms with van der Waals surface area (Å²) in [7, 11) is 2.00. The lowest BCUT2D eigenvalue weighted by Gasteiger charge is -2.24. The summed E-state index contributed by atoms with van der Waals surface area (Å²) in [4.78, 5) is 31.9. The van der Waals surface area contributed by atoms with Crippen molar-refractivity contribution in [2.45, 2.75) is 25.3 Å². The second-order valence-electron chi connectivity index (χ2n) is 7.48. The zero-order valence-electron chi connectivity index (χ0n) is 16.1. The Balaban J connectivity index is 1.47. The molecule has 1 fully saturated rings. The Labute approximate surface area is 167 Å². The molecule has 3 heterocycles. The lowest BCUT2D eigenvalue weighted by atomic mass is 10.1. The quantitative estimate of drug-likeness (QED) is 0.586. The Morgan fingerprint density at radius 2 is 1.90 bits per heavy atom. The molecule has 5 rings (SSSR count). The lowest BCUT2D eigenvalue weighted by Crippen LogP contribution is -2.33. The van der Waals surface area contributed by atoms with Gasteiger partial charge in [-0.05, 0) is 31.0 Å². The number of imidazole rings is 1. The molecule has 2 aromatic carbocycles. The molecule has 1 aliphatic heterocycles. The van der Waals surface area contributed by atoms with Gasteiger partial charge in [0, 0.05) is 19.0 Å². The van der Waals surface area contributed by atoms with Crippen LogP contribution in [0.1, 0.15) is 30.4 Å². The molecule has 0 spiro atoms. The maximum absolute atomic E-state index is 13.2. The van der Waals surface area contributed by atoms with Gasteiger partial charge in [0.15, 0.2) is 0 Å². The largest absolute Gasteiger partial charge is 0.332 e. The first kappa shape index (κ1) is 17.6. The molecule has 1 atom stereocenters. The molecule has 7 heteroatoms. The van der Waals surface area contributed by atoms with Crippen LogP contribution in [0, 0.1) is 0 Å². The van der Waals surface area contributed by atoms with E-state index in [4.69, 9.17) is 4.98 Å². The van der Waals surface area contributed by atoms with Gasteiger partial charge >= 0.3 is 0 Å². The van der Waals surface area contributed by atoms with Gasteiger partial charge in [0.2, 0.25) is 5.91 Å². The third kappa shape index (κ3) is 2.90. The van der Waals surface area contributed by atoms with Gasteiger partial charge in [0.05, 0.1) is 34.6 Å². The average molecular weight is 387 g/mol. The molecule has 2 aromatic heterocycles. The minimum Gasteiger partial charge on any atom is -0.332 e. The number of likely N-dealkylation sites (tertiary alicyclic amines) is 1. The highest BCUT2D eigenvalue weighted by Crippen LogP contribution is 2.33. The van der Waals surface area contributed by atoms with Crippen molar-refractivity contribution in [2.75, 3.05) is 6.54 Å². The molecule has 0 bridgehead atoms. The predicted octanol–water partition coefficient (Wildman–Crippen LogP) is 2.72. The first-order chi connectivity index (χ1) is 14.1. The van der Waals surface area contributed by atoms with Crippen LogP contribution in [0.15, 0.2) is 53.3 Å². The van der Waals surface area contributed by atoms with E-state index < -0.39 is 0 Å². The van der Waals surface area contributed by atoms with Crippen LogP contribution < -0.4 is 5.56 Å². The molecule has 1 N–H and O–H groups in total. The van der Waals surface area contributed by atoms with Crippen LogP contribution in [0.4, 0.5) is 0 Å². The Morgan fingerprint density at radius 3 is 2.72 bits per heavy atom. The number of carbonyl (C=O) groups excluding carboxylic acids is 1. The SMILES string of the molecule is Cn1c([C@@H]2CCCN2C(=O)Cc2n[nH]c(=O)c3ccccc23)nc2ccccc21. The van der Waals surface area contributed by atoms with Crippen molar-refractivity contribution >= 4 is 27.7 Å². The van der Waals surface area contributed by atoms with E-state index in [1.54, 1.807) is 6.07 Å². The summed E-state index contributed by atoms with van der Waals surface area (Å²) >= 11 is 0. The maximum Gasteiger partial charge on any atom is 0.272 e. The highest BCUT2D eigenvalue weighted by Gasteiger charge is 2.33. The fourth-order valence-electron chi connectivity index (χ4n) is 4.35. The number of nitrogens with zero attached hydrogens (tertiary/aromatic N) is 4. The van der Waals surface area contributed by atoms with Gasteiger partial charge in [-0.3, -0.25) is 9.59 Å². The average Bonchev–Trinajstić information content (AvgIpc) is 3.35. The molecule has 0 aliphatic carbocycles. The molecule has 146 valence electrons. The van der Waals surface area contributed by atoms with E-state index in [9.17, 15) is 9.59 Å². The molecule has 0 unspecified atom stereocenters. The molecule has 4 aromatic rings. The summed E-state index contributed by atoms with van der Waals surface area (Å²) in [6.07, 6.45) is 1.99. The van der Waals surface area contributed by atoms with E-state index >= 15 is 0 Å². The molecule has 1 amide bonds. The monoisotopic (exact) mass is 387 g/mol. The number of benzene rings is 2. The number of hydrogen-bond acceptors (Lipinski definition) is 4.